The number of fused-ring (bicyclic) bond motifs is 2. The van der Waals surface area contributed by atoms with Crippen molar-refractivity contribution in [1.82, 2.24) is 9.80 Å². The van der Waals surface area contributed by atoms with Gasteiger partial charge in [-0.2, -0.15) is 0 Å². The Morgan fingerprint density at radius 1 is 1.05 bits per heavy atom. The zero-order chi connectivity index (χ0) is 27.9. The second-order valence-corrected chi connectivity index (χ2v) is 11.2. The van der Waals surface area contributed by atoms with Crippen molar-refractivity contribution in [1.29, 1.82) is 0 Å². The first-order chi connectivity index (χ1) is 19.6. The van der Waals surface area contributed by atoms with E-state index in [4.69, 9.17) is 13.9 Å². The zero-order valence-corrected chi connectivity index (χ0v) is 23.9. The van der Waals surface area contributed by atoms with Crippen molar-refractivity contribution in [2.24, 2.45) is 5.92 Å². The summed E-state index contributed by atoms with van der Waals surface area (Å²) in [7, 11) is 3.33. The van der Waals surface area contributed by atoms with E-state index >= 15 is 0 Å². The standard InChI is InChI=1S/C33H42N2O5/c1-38-19-9-18-35(23-26-12-8-17-34-16-7-6-13-29(26)34)32(36)15-14-25-20-28-27(24-10-4-3-5-11-24)21-33(37)40-31(28)22-30(25)39-2/h3-5,10-11,20-22,26,29H,6-9,12-19,23H2,1-2H3. The summed E-state index contributed by atoms with van der Waals surface area (Å²) in [4.78, 5) is 30.8. The van der Waals surface area contributed by atoms with Crippen LogP contribution in [0.5, 0.6) is 5.75 Å². The Hall–Kier alpha value is -3.16. The zero-order valence-electron chi connectivity index (χ0n) is 23.9. The molecule has 3 heterocycles. The van der Waals surface area contributed by atoms with E-state index < -0.39 is 5.63 Å². The number of hydrogen-bond donors (Lipinski definition) is 0. The second-order valence-electron chi connectivity index (χ2n) is 11.2. The summed E-state index contributed by atoms with van der Waals surface area (Å²) in [5.41, 5.74) is 2.78. The van der Waals surface area contributed by atoms with Crippen molar-refractivity contribution in [3.05, 3.63) is 64.5 Å². The lowest BCUT2D eigenvalue weighted by Crippen LogP contribution is -2.51. The van der Waals surface area contributed by atoms with Gasteiger partial charge in [0.1, 0.15) is 11.3 Å². The Labute approximate surface area is 237 Å². The van der Waals surface area contributed by atoms with Crippen molar-refractivity contribution < 1.29 is 18.7 Å². The molecule has 1 aromatic heterocycles. The molecular formula is C33H42N2O5. The molecule has 0 saturated carbocycles. The van der Waals surface area contributed by atoms with E-state index in [2.05, 4.69) is 9.80 Å². The van der Waals surface area contributed by atoms with Crippen LogP contribution >= 0.6 is 0 Å². The first-order valence-electron chi connectivity index (χ1n) is 14.8. The molecule has 40 heavy (non-hydrogen) atoms. The van der Waals surface area contributed by atoms with E-state index in [0.29, 0.717) is 49.3 Å². The summed E-state index contributed by atoms with van der Waals surface area (Å²) in [5, 5.41) is 0.839. The maximum Gasteiger partial charge on any atom is 0.336 e. The average Bonchev–Trinajstić information content (AvgIpc) is 2.99. The summed E-state index contributed by atoms with van der Waals surface area (Å²) in [5.74, 6) is 1.34. The second kappa shape index (κ2) is 13.5. The van der Waals surface area contributed by atoms with Gasteiger partial charge in [0.2, 0.25) is 5.91 Å². The molecule has 1 amide bonds. The van der Waals surface area contributed by atoms with Gasteiger partial charge in [-0.15, -0.1) is 0 Å². The highest BCUT2D eigenvalue weighted by Gasteiger charge is 2.34. The molecular weight excluding hydrogens is 504 g/mol. The van der Waals surface area contributed by atoms with Gasteiger partial charge in [0.25, 0.3) is 0 Å². The fourth-order valence-electron chi connectivity index (χ4n) is 6.67. The molecule has 0 radical (unpaired) electrons. The molecule has 3 aromatic rings. The quantitative estimate of drug-likeness (QED) is 0.233. The van der Waals surface area contributed by atoms with E-state index in [9.17, 15) is 9.59 Å². The highest BCUT2D eigenvalue weighted by atomic mass is 16.5. The normalized spacial score (nSPS) is 19.4. The van der Waals surface area contributed by atoms with Gasteiger partial charge in [-0.25, -0.2) is 4.79 Å². The number of carbonyl (C=O) groups is 1. The molecule has 2 aliphatic rings. The lowest BCUT2D eigenvalue weighted by Gasteiger charge is -2.45. The molecule has 2 saturated heterocycles. The lowest BCUT2D eigenvalue weighted by atomic mass is 9.83. The molecule has 0 spiro atoms. The Balaban J connectivity index is 1.36. The number of carbonyl (C=O) groups excluding carboxylic acids is 1. The van der Waals surface area contributed by atoms with E-state index in [1.54, 1.807) is 20.3 Å². The first kappa shape index (κ1) is 28.4. The molecule has 7 heteroatoms. The minimum atomic E-state index is -0.401. The molecule has 5 rings (SSSR count). The molecule has 2 fully saturated rings. The maximum atomic E-state index is 13.7. The smallest absolute Gasteiger partial charge is 0.336 e. The number of benzene rings is 2. The largest absolute Gasteiger partial charge is 0.496 e. The fourth-order valence-corrected chi connectivity index (χ4v) is 6.67. The Morgan fingerprint density at radius 2 is 1.88 bits per heavy atom. The molecule has 7 nitrogen and oxygen atoms in total. The van der Waals surface area contributed by atoms with Gasteiger partial charge in [0.15, 0.2) is 0 Å². The van der Waals surface area contributed by atoms with Crippen molar-refractivity contribution in [2.75, 3.05) is 47.0 Å². The Morgan fingerprint density at radius 3 is 2.67 bits per heavy atom. The molecule has 0 aliphatic carbocycles. The van der Waals surface area contributed by atoms with Gasteiger partial charge >= 0.3 is 5.63 Å². The summed E-state index contributed by atoms with van der Waals surface area (Å²) in [6.07, 6.45) is 8.03. The van der Waals surface area contributed by atoms with Gasteiger partial charge in [-0.3, -0.25) is 4.79 Å². The minimum Gasteiger partial charge on any atom is -0.496 e. The van der Waals surface area contributed by atoms with Gasteiger partial charge in [0, 0.05) is 56.8 Å². The molecule has 0 N–H and O–H groups in total. The number of piperidine rings is 2. The fraction of sp³-hybridized carbons (Fsp3) is 0.515. The monoisotopic (exact) mass is 546 g/mol. The summed E-state index contributed by atoms with van der Waals surface area (Å²) in [6.45, 7) is 4.59. The van der Waals surface area contributed by atoms with E-state index in [1.807, 2.05) is 36.4 Å². The maximum absolute atomic E-state index is 13.7. The van der Waals surface area contributed by atoms with Crippen LogP contribution in [-0.4, -0.2) is 68.8 Å². The molecule has 2 unspecified atom stereocenters. The Kier molecular flexibility index (Phi) is 9.55. The van der Waals surface area contributed by atoms with Crippen LogP contribution in [0.4, 0.5) is 0 Å². The van der Waals surface area contributed by atoms with Crippen LogP contribution in [0.2, 0.25) is 0 Å². The highest BCUT2D eigenvalue weighted by Crippen LogP contribution is 2.34. The predicted molar refractivity (Wildman–Crippen MR) is 158 cm³/mol. The number of aryl methyl sites for hydroxylation is 1. The predicted octanol–water partition coefficient (Wildman–Crippen LogP) is 5.53. The minimum absolute atomic E-state index is 0.175. The van der Waals surface area contributed by atoms with Gasteiger partial charge < -0.3 is 23.7 Å². The third-order valence-electron chi connectivity index (χ3n) is 8.65. The van der Waals surface area contributed by atoms with Crippen molar-refractivity contribution in [2.45, 2.75) is 57.4 Å². The Bertz CT molecular complexity index is 1340. The van der Waals surface area contributed by atoms with Crippen LogP contribution in [0.3, 0.4) is 0 Å². The van der Waals surface area contributed by atoms with E-state index in [-0.39, 0.29) is 5.91 Å². The third kappa shape index (κ3) is 6.58. The van der Waals surface area contributed by atoms with Crippen LogP contribution in [0.1, 0.15) is 50.5 Å². The number of hydrogen-bond acceptors (Lipinski definition) is 6. The van der Waals surface area contributed by atoms with Crippen molar-refractivity contribution in [3.8, 4) is 16.9 Å². The van der Waals surface area contributed by atoms with Crippen molar-refractivity contribution >= 4 is 16.9 Å². The van der Waals surface area contributed by atoms with Crippen LogP contribution in [-0.2, 0) is 16.0 Å². The van der Waals surface area contributed by atoms with Crippen LogP contribution in [0.25, 0.3) is 22.1 Å². The first-order valence-corrected chi connectivity index (χ1v) is 14.8. The number of rotatable bonds is 11. The van der Waals surface area contributed by atoms with E-state index in [0.717, 1.165) is 35.0 Å². The van der Waals surface area contributed by atoms with Crippen LogP contribution in [0, 0.1) is 5.92 Å². The SMILES string of the molecule is COCCCN(CC1CCCN2CCCCC12)C(=O)CCc1cc2c(-c3ccccc3)cc(=O)oc2cc1OC. The van der Waals surface area contributed by atoms with Crippen LogP contribution in [0.15, 0.2) is 57.7 Å². The molecule has 2 aromatic carbocycles. The number of methoxy groups -OCH3 is 2. The number of nitrogens with zero attached hydrogens (tertiary/aromatic N) is 2. The molecule has 2 aliphatic heterocycles. The lowest BCUT2D eigenvalue weighted by molar-refractivity contribution is -0.132. The molecule has 2 atom stereocenters. The van der Waals surface area contributed by atoms with Gasteiger partial charge in [-0.05, 0) is 80.3 Å². The average molecular weight is 547 g/mol. The van der Waals surface area contributed by atoms with Crippen LogP contribution < -0.4 is 10.4 Å². The third-order valence-corrected chi connectivity index (χ3v) is 8.65. The molecule has 0 bridgehead atoms. The summed E-state index contributed by atoms with van der Waals surface area (Å²) < 4.78 is 16.5. The number of amides is 1. The summed E-state index contributed by atoms with van der Waals surface area (Å²) in [6, 6.07) is 15.8. The number of ether oxygens (including phenoxy) is 2. The van der Waals surface area contributed by atoms with Gasteiger partial charge in [-0.1, -0.05) is 36.8 Å². The highest BCUT2D eigenvalue weighted by molar-refractivity contribution is 5.94. The molecule has 214 valence electrons. The van der Waals surface area contributed by atoms with Gasteiger partial charge in [0.05, 0.1) is 7.11 Å². The summed E-state index contributed by atoms with van der Waals surface area (Å²) >= 11 is 0. The topological polar surface area (TPSA) is 72.2 Å². The van der Waals surface area contributed by atoms with E-state index in [1.165, 1.54) is 51.3 Å². The van der Waals surface area contributed by atoms with Crippen molar-refractivity contribution in [3.63, 3.8) is 0 Å².